The number of nitrogen functional groups attached to an aromatic ring is 2. The summed E-state index contributed by atoms with van der Waals surface area (Å²) in [5.41, 5.74) is 15.6. The summed E-state index contributed by atoms with van der Waals surface area (Å²) in [5.74, 6) is -0.370. The summed E-state index contributed by atoms with van der Waals surface area (Å²) in [4.78, 5) is 33.1. The predicted octanol–water partition coefficient (Wildman–Crippen LogP) is 10.9. The van der Waals surface area contributed by atoms with Crippen molar-refractivity contribution in [2.45, 2.75) is 19.7 Å². The van der Waals surface area contributed by atoms with Crippen LogP contribution in [0.5, 0.6) is 0 Å². The molecule has 12 heteroatoms. The van der Waals surface area contributed by atoms with E-state index in [0.717, 1.165) is 55.9 Å². The molecule has 0 saturated heterocycles. The quantitative estimate of drug-likeness (QED) is 0.116. The number of thiophene rings is 1. The highest BCUT2D eigenvalue weighted by molar-refractivity contribution is 9.13. The first-order chi connectivity index (χ1) is 19.1. The van der Waals surface area contributed by atoms with Gasteiger partial charge in [0.05, 0.1) is 22.4 Å². The summed E-state index contributed by atoms with van der Waals surface area (Å²) < 4.78 is 5.05. The van der Waals surface area contributed by atoms with Crippen LogP contribution in [0, 0.1) is 0 Å². The van der Waals surface area contributed by atoms with E-state index >= 15 is 0 Å². The normalized spacial score (nSPS) is 11.6. The molecule has 7 rings (SSSR count). The minimum absolute atomic E-state index is 0. The van der Waals surface area contributed by atoms with Gasteiger partial charge >= 0.3 is 0 Å². The van der Waals surface area contributed by atoms with E-state index in [0.29, 0.717) is 16.9 Å². The van der Waals surface area contributed by atoms with Gasteiger partial charge in [-0.2, -0.15) is 0 Å². The smallest absolute Gasteiger partial charge is 0.264 e. The van der Waals surface area contributed by atoms with Crippen LogP contribution in [-0.4, -0.2) is 20.9 Å². The number of nitrogens with zero attached hydrogens (tertiary/aromatic N) is 2. The molecule has 0 saturated carbocycles. The molecule has 4 aromatic carbocycles. The first-order valence-corrected chi connectivity index (χ1v) is 16.2. The summed E-state index contributed by atoms with van der Waals surface area (Å²) in [6.45, 7) is 0. The van der Waals surface area contributed by atoms with Crippen molar-refractivity contribution in [1.82, 2.24) is 9.97 Å². The number of aromatic nitrogens is 2. The fourth-order valence-corrected chi connectivity index (χ4v) is 6.94. The lowest BCUT2D eigenvalue weighted by atomic mass is 10.1. The van der Waals surface area contributed by atoms with E-state index in [2.05, 4.69) is 75.9 Å². The first-order valence-electron chi connectivity index (χ1n) is 11.4. The molecule has 0 unspecified atom stereocenters. The minimum atomic E-state index is -0.370. The molecule has 1 aliphatic heterocycles. The molecule has 4 N–H and O–H groups in total. The maximum atomic E-state index is 11.0. The van der Waals surface area contributed by atoms with Gasteiger partial charge in [0, 0.05) is 39.9 Å². The number of carbonyl (C=O) groups is 2. The summed E-state index contributed by atoms with van der Waals surface area (Å²) in [6, 6.07) is 22.9. The SMILES string of the molecule is Brc1cc2nc3sc4ccccc4c3nc2cc1Br.C.C.Nc1cc(Br)c(Br)cc1N.O=C1Sc2ccccc2C1=O.[HH]. The number of fused-ring (bicyclic) bond motifs is 5. The van der Waals surface area contributed by atoms with E-state index < -0.39 is 0 Å². The predicted molar refractivity (Wildman–Crippen MR) is 196 cm³/mol. The average Bonchev–Trinajstić information content (AvgIpc) is 3.43. The van der Waals surface area contributed by atoms with Crippen molar-refractivity contribution in [3.8, 4) is 0 Å². The van der Waals surface area contributed by atoms with E-state index in [1.807, 2.05) is 30.3 Å². The molecule has 0 atom stereocenters. The highest BCUT2D eigenvalue weighted by atomic mass is 79.9. The molecule has 0 fully saturated rings. The molecule has 0 radical (unpaired) electrons. The van der Waals surface area contributed by atoms with Crippen LogP contribution in [0.4, 0.5) is 11.4 Å². The van der Waals surface area contributed by atoms with Gasteiger partial charge < -0.3 is 11.5 Å². The number of carbonyl (C=O) groups excluding carboxylic acids is 2. The molecule has 0 aliphatic carbocycles. The lowest BCUT2D eigenvalue weighted by Crippen LogP contribution is -2.01. The van der Waals surface area contributed by atoms with E-state index in [1.54, 1.807) is 41.7 Å². The molecule has 6 nitrogen and oxygen atoms in total. The maximum absolute atomic E-state index is 11.0. The number of thioether (sulfide) groups is 1. The second-order valence-corrected chi connectivity index (χ2v) is 13.8. The average molecular weight is 858 g/mol. The molecule has 6 aromatic rings. The van der Waals surface area contributed by atoms with Crippen LogP contribution >= 0.6 is 86.8 Å². The van der Waals surface area contributed by atoms with Crippen molar-refractivity contribution >= 4 is 141 Å². The standard InChI is InChI=1S/C14H6Br2N2S.C8H4O2S.C6H6Br2N2.2CH4.H2/c15-8-5-10-11(6-9(8)16)18-14-13(17-10)7-3-1-2-4-12(7)19-14;9-7-5-3-1-2-4-6(5)11-8(7)10;7-3-1-5(9)6(10)2-4(3)8;;;/h1-6H;1-4H;1-2H,9-10H2;2*1H4;1H. The summed E-state index contributed by atoms with van der Waals surface area (Å²) in [7, 11) is 0. The topological polar surface area (TPSA) is 112 Å². The molecular weight excluding hydrogens is 832 g/mol. The number of ketones is 1. The van der Waals surface area contributed by atoms with Crippen LogP contribution in [0.2, 0.25) is 0 Å². The van der Waals surface area contributed by atoms with Gasteiger partial charge in [0.2, 0.25) is 5.78 Å². The van der Waals surface area contributed by atoms with Gasteiger partial charge in [-0.05, 0) is 118 Å². The van der Waals surface area contributed by atoms with Gasteiger partial charge in [-0.15, -0.1) is 11.3 Å². The number of hydrogen-bond donors (Lipinski definition) is 2. The van der Waals surface area contributed by atoms with E-state index in [-0.39, 0.29) is 27.2 Å². The second kappa shape index (κ2) is 14.4. The van der Waals surface area contributed by atoms with E-state index in [9.17, 15) is 9.59 Å². The van der Waals surface area contributed by atoms with Gasteiger partial charge in [0.25, 0.3) is 5.12 Å². The van der Waals surface area contributed by atoms with Crippen molar-refractivity contribution in [3.63, 3.8) is 0 Å². The van der Waals surface area contributed by atoms with Gasteiger partial charge in [0.15, 0.2) is 0 Å². The van der Waals surface area contributed by atoms with Crippen molar-refractivity contribution in [2.75, 3.05) is 11.5 Å². The molecule has 0 amide bonds. The van der Waals surface area contributed by atoms with Gasteiger partial charge in [-0.1, -0.05) is 45.2 Å². The van der Waals surface area contributed by atoms with Crippen LogP contribution in [0.3, 0.4) is 0 Å². The molecule has 218 valence electrons. The monoisotopic (exact) mass is 854 g/mol. The van der Waals surface area contributed by atoms with Gasteiger partial charge in [-0.25, -0.2) is 9.97 Å². The highest BCUT2D eigenvalue weighted by Crippen LogP contribution is 2.35. The molecule has 1 aliphatic rings. The molecule has 0 spiro atoms. The third-order valence-corrected chi connectivity index (χ3v) is 11.4. The second-order valence-electron chi connectivity index (χ2n) is 8.34. The Morgan fingerprint density at radius 3 is 1.83 bits per heavy atom. The lowest BCUT2D eigenvalue weighted by Gasteiger charge is -2.01. The van der Waals surface area contributed by atoms with Crippen LogP contribution in [0.15, 0.2) is 95.6 Å². The number of nitrogens with two attached hydrogens (primary N) is 2. The Hall–Kier alpha value is -2.35. The fourth-order valence-electron chi connectivity index (χ4n) is 3.71. The van der Waals surface area contributed by atoms with Crippen LogP contribution < -0.4 is 11.5 Å². The summed E-state index contributed by atoms with van der Waals surface area (Å²) in [6.07, 6.45) is 0. The van der Waals surface area contributed by atoms with Crippen molar-refractivity contribution in [3.05, 3.63) is 96.3 Å². The Bertz CT molecular complexity index is 1920. The third-order valence-electron chi connectivity index (χ3n) is 5.67. The fraction of sp³-hybridized carbons (Fsp3) is 0.0667. The number of halogens is 4. The number of hydrogen-bond acceptors (Lipinski definition) is 8. The molecule has 0 bridgehead atoms. The van der Waals surface area contributed by atoms with Crippen LogP contribution in [0.25, 0.3) is 31.5 Å². The zero-order valence-electron chi connectivity index (χ0n) is 20.1. The Balaban J connectivity index is 0.000000234. The van der Waals surface area contributed by atoms with Gasteiger partial charge in [-0.3, -0.25) is 9.59 Å². The van der Waals surface area contributed by atoms with Crippen molar-refractivity contribution in [1.29, 1.82) is 0 Å². The minimum Gasteiger partial charge on any atom is -0.397 e. The third kappa shape index (κ3) is 7.23. The Morgan fingerprint density at radius 1 is 0.690 bits per heavy atom. The number of anilines is 2. The number of Topliss-reactive ketones (excluding diaryl/α,β-unsaturated/α-hetero) is 1. The Morgan fingerprint density at radius 2 is 1.21 bits per heavy atom. The van der Waals surface area contributed by atoms with Crippen LogP contribution in [0.1, 0.15) is 26.6 Å². The van der Waals surface area contributed by atoms with Crippen LogP contribution in [-0.2, 0) is 4.79 Å². The Labute approximate surface area is 286 Å². The number of benzene rings is 4. The first kappa shape index (κ1) is 34.1. The zero-order valence-corrected chi connectivity index (χ0v) is 28.1. The highest BCUT2D eigenvalue weighted by Gasteiger charge is 2.28. The molecule has 42 heavy (non-hydrogen) atoms. The molecular formula is C30H26Br4N4O2S2. The summed E-state index contributed by atoms with van der Waals surface area (Å²) >= 11 is 16.3. The van der Waals surface area contributed by atoms with Crippen molar-refractivity contribution in [2.24, 2.45) is 0 Å². The largest absolute Gasteiger partial charge is 0.397 e. The van der Waals surface area contributed by atoms with E-state index in [1.165, 1.54) is 10.1 Å². The van der Waals surface area contributed by atoms with Crippen molar-refractivity contribution < 1.29 is 11.0 Å². The zero-order chi connectivity index (χ0) is 28.6. The lowest BCUT2D eigenvalue weighted by molar-refractivity contribution is -0.107. The Kier molecular flexibility index (Phi) is 11.7. The summed E-state index contributed by atoms with van der Waals surface area (Å²) in [5, 5.41) is 0.808. The maximum Gasteiger partial charge on any atom is 0.264 e. The number of rotatable bonds is 0. The van der Waals surface area contributed by atoms with Gasteiger partial charge in [0.1, 0.15) is 10.3 Å². The molecule has 3 heterocycles. The molecule has 2 aromatic heterocycles. The van der Waals surface area contributed by atoms with E-state index in [4.69, 9.17) is 21.4 Å².